The Morgan fingerprint density at radius 2 is 2.05 bits per heavy atom. The summed E-state index contributed by atoms with van der Waals surface area (Å²) in [5.41, 5.74) is 2.17. The van der Waals surface area contributed by atoms with Gasteiger partial charge in [-0.1, -0.05) is 17.4 Å². The van der Waals surface area contributed by atoms with Crippen LogP contribution in [0.3, 0.4) is 0 Å². The second-order valence-electron chi connectivity index (χ2n) is 4.94. The Kier molecular flexibility index (Phi) is 4.17. The summed E-state index contributed by atoms with van der Waals surface area (Å²) >= 11 is 1.58. The number of benzene rings is 1. The standard InChI is InChI=1S/C14H19N3OS/c1-10-5-6-12-13(9-10)19-14(15-12)17(11(2)18)8-7-16(3)4/h5-6,9H,7-8H2,1-4H3. The van der Waals surface area contributed by atoms with Gasteiger partial charge in [0.1, 0.15) is 0 Å². The molecule has 0 saturated heterocycles. The molecule has 2 aromatic rings. The maximum atomic E-state index is 11.8. The highest BCUT2D eigenvalue weighted by Crippen LogP contribution is 2.29. The number of anilines is 1. The van der Waals surface area contributed by atoms with Crippen molar-refractivity contribution in [3.63, 3.8) is 0 Å². The van der Waals surface area contributed by atoms with Gasteiger partial charge in [0, 0.05) is 20.0 Å². The second-order valence-corrected chi connectivity index (χ2v) is 5.95. The normalized spacial score (nSPS) is 11.2. The van der Waals surface area contributed by atoms with Gasteiger partial charge in [-0.3, -0.25) is 9.69 Å². The first-order valence-electron chi connectivity index (χ1n) is 6.27. The first-order chi connectivity index (χ1) is 8.97. The minimum absolute atomic E-state index is 0.0395. The summed E-state index contributed by atoms with van der Waals surface area (Å²) in [6.07, 6.45) is 0. The quantitative estimate of drug-likeness (QED) is 0.861. The van der Waals surface area contributed by atoms with E-state index in [0.717, 1.165) is 21.9 Å². The van der Waals surface area contributed by atoms with Crippen LogP contribution in [0.4, 0.5) is 5.13 Å². The van der Waals surface area contributed by atoms with Gasteiger partial charge in [-0.15, -0.1) is 0 Å². The molecule has 0 N–H and O–H groups in total. The van der Waals surface area contributed by atoms with Gasteiger partial charge in [-0.2, -0.15) is 0 Å². The molecule has 0 bridgehead atoms. The number of likely N-dealkylation sites (N-methyl/N-ethyl adjacent to an activating group) is 1. The minimum Gasteiger partial charge on any atom is -0.308 e. The number of carbonyl (C=O) groups excluding carboxylic acids is 1. The maximum absolute atomic E-state index is 11.8. The molecule has 0 aliphatic carbocycles. The van der Waals surface area contributed by atoms with Crippen molar-refractivity contribution in [2.24, 2.45) is 0 Å². The summed E-state index contributed by atoms with van der Waals surface area (Å²) in [6, 6.07) is 6.17. The summed E-state index contributed by atoms with van der Waals surface area (Å²) in [6.45, 7) is 5.15. The lowest BCUT2D eigenvalue weighted by Gasteiger charge is -2.20. The predicted molar refractivity (Wildman–Crippen MR) is 80.9 cm³/mol. The summed E-state index contributed by atoms with van der Waals surface area (Å²) in [5, 5.41) is 0.787. The molecule has 0 unspecified atom stereocenters. The van der Waals surface area contributed by atoms with E-state index in [1.165, 1.54) is 5.56 Å². The molecule has 1 heterocycles. The van der Waals surface area contributed by atoms with Crippen molar-refractivity contribution in [3.8, 4) is 0 Å². The third-order valence-electron chi connectivity index (χ3n) is 2.91. The first-order valence-corrected chi connectivity index (χ1v) is 7.09. The summed E-state index contributed by atoms with van der Waals surface area (Å²) < 4.78 is 1.13. The smallest absolute Gasteiger partial charge is 0.225 e. The highest BCUT2D eigenvalue weighted by Gasteiger charge is 2.16. The SMILES string of the molecule is CC(=O)N(CCN(C)C)c1nc2ccc(C)cc2s1. The van der Waals surface area contributed by atoms with E-state index in [-0.39, 0.29) is 5.91 Å². The average Bonchev–Trinajstić information content (AvgIpc) is 2.70. The van der Waals surface area contributed by atoms with Crippen molar-refractivity contribution >= 4 is 32.6 Å². The number of fused-ring (bicyclic) bond motifs is 1. The number of aryl methyl sites for hydroxylation is 1. The van der Waals surface area contributed by atoms with Crippen LogP contribution in [-0.4, -0.2) is 43.0 Å². The van der Waals surface area contributed by atoms with E-state index < -0.39 is 0 Å². The molecule has 4 nitrogen and oxygen atoms in total. The molecule has 19 heavy (non-hydrogen) atoms. The Bertz CT molecular complexity index is 591. The highest BCUT2D eigenvalue weighted by molar-refractivity contribution is 7.22. The molecule has 0 aliphatic rings. The maximum Gasteiger partial charge on any atom is 0.225 e. The van der Waals surface area contributed by atoms with Crippen molar-refractivity contribution in [3.05, 3.63) is 23.8 Å². The number of thiazole rings is 1. The van der Waals surface area contributed by atoms with Crippen LogP contribution in [0.25, 0.3) is 10.2 Å². The van der Waals surface area contributed by atoms with Crippen LogP contribution in [0.15, 0.2) is 18.2 Å². The van der Waals surface area contributed by atoms with E-state index in [1.807, 2.05) is 26.2 Å². The van der Waals surface area contributed by atoms with Crippen molar-refractivity contribution in [1.29, 1.82) is 0 Å². The number of amides is 1. The van der Waals surface area contributed by atoms with Gasteiger partial charge in [0.2, 0.25) is 5.91 Å². The van der Waals surface area contributed by atoms with E-state index >= 15 is 0 Å². The third kappa shape index (κ3) is 3.30. The fourth-order valence-electron chi connectivity index (χ4n) is 1.82. The monoisotopic (exact) mass is 277 g/mol. The molecule has 0 radical (unpaired) electrons. The van der Waals surface area contributed by atoms with Crippen LogP contribution in [0.5, 0.6) is 0 Å². The van der Waals surface area contributed by atoms with Crippen LogP contribution >= 0.6 is 11.3 Å². The third-order valence-corrected chi connectivity index (χ3v) is 3.96. The number of hydrogen-bond acceptors (Lipinski definition) is 4. The Morgan fingerprint density at radius 1 is 1.32 bits per heavy atom. The van der Waals surface area contributed by atoms with Gasteiger partial charge in [0.05, 0.1) is 10.2 Å². The molecule has 5 heteroatoms. The van der Waals surface area contributed by atoms with Crippen molar-refractivity contribution in [1.82, 2.24) is 9.88 Å². The second kappa shape index (κ2) is 5.67. The van der Waals surface area contributed by atoms with Crippen LogP contribution in [0.2, 0.25) is 0 Å². The van der Waals surface area contributed by atoms with Gasteiger partial charge in [0.15, 0.2) is 5.13 Å². The lowest BCUT2D eigenvalue weighted by molar-refractivity contribution is -0.116. The number of hydrogen-bond donors (Lipinski definition) is 0. The molecule has 102 valence electrons. The van der Waals surface area contributed by atoms with Crippen LogP contribution in [-0.2, 0) is 4.79 Å². The Morgan fingerprint density at radius 3 is 2.68 bits per heavy atom. The van der Waals surface area contributed by atoms with Gasteiger partial charge in [0.25, 0.3) is 0 Å². The average molecular weight is 277 g/mol. The molecule has 0 atom stereocenters. The zero-order valence-electron chi connectivity index (χ0n) is 11.8. The number of aromatic nitrogens is 1. The topological polar surface area (TPSA) is 36.4 Å². The molecule has 1 amide bonds. The van der Waals surface area contributed by atoms with Crippen LogP contribution < -0.4 is 4.90 Å². The zero-order valence-corrected chi connectivity index (χ0v) is 12.6. The van der Waals surface area contributed by atoms with E-state index in [0.29, 0.717) is 6.54 Å². The highest BCUT2D eigenvalue weighted by atomic mass is 32.1. The fraction of sp³-hybridized carbons (Fsp3) is 0.429. The van der Waals surface area contributed by atoms with E-state index in [2.05, 4.69) is 22.9 Å². The van der Waals surface area contributed by atoms with Crippen LogP contribution in [0.1, 0.15) is 12.5 Å². The predicted octanol–water partition coefficient (Wildman–Crippen LogP) is 2.52. The Balaban J connectivity index is 2.30. The molecule has 1 aromatic heterocycles. The first kappa shape index (κ1) is 14.0. The van der Waals surface area contributed by atoms with Crippen molar-refractivity contribution in [2.45, 2.75) is 13.8 Å². The van der Waals surface area contributed by atoms with E-state index in [9.17, 15) is 4.79 Å². The van der Waals surface area contributed by atoms with E-state index in [1.54, 1.807) is 23.2 Å². The molecule has 0 fully saturated rings. The molecule has 0 saturated carbocycles. The van der Waals surface area contributed by atoms with Crippen LogP contribution in [0, 0.1) is 6.92 Å². The van der Waals surface area contributed by atoms with Gasteiger partial charge >= 0.3 is 0 Å². The van der Waals surface area contributed by atoms with Gasteiger partial charge in [-0.05, 0) is 38.7 Å². The largest absolute Gasteiger partial charge is 0.308 e. The number of carbonyl (C=O) groups is 1. The van der Waals surface area contributed by atoms with Crippen molar-refractivity contribution < 1.29 is 4.79 Å². The lowest BCUT2D eigenvalue weighted by Crippen LogP contribution is -2.35. The Labute approximate surface area is 117 Å². The minimum atomic E-state index is 0.0395. The lowest BCUT2D eigenvalue weighted by atomic mass is 10.2. The molecule has 0 aliphatic heterocycles. The van der Waals surface area contributed by atoms with E-state index in [4.69, 9.17) is 0 Å². The summed E-state index contributed by atoms with van der Waals surface area (Å²) in [7, 11) is 4.00. The molecule has 1 aromatic carbocycles. The molecular formula is C14H19N3OS. The number of nitrogens with zero attached hydrogens (tertiary/aromatic N) is 3. The molecule has 2 rings (SSSR count). The Hall–Kier alpha value is -1.46. The summed E-state index contributed by atoms with van der Waals surface area (Å²) in [5.74, 6) is 0.0395. The molecule has 0 spiro atoms. The van der Waals surface area contributed by atoms with Gasteiger partial charge < -0.3 is 4.90 Å². The number of rotatable bonds is 4. The van der Waals surface area contributed by atoms with Gasteiger partial charge in [-0.25, -0.2) is 4.98 Å². The zero-order chi connectivity index (χ0) is 14.0. The molecular weight excluding hydrogens is 258 g/mol. The van der Waals surface area contributed by atoms with Crippen molar-refractivity contribution in [2.75, 3.05) is 32.1 Å². The fourth-order valence-corrected chi connectivity index (χ4v) is 2.96. The summed E-state index contributed by atoms with van der Waals surface area (Å²) in [4.78, 5) is 20.1.